The van der Waals surface area contributed by atoms with Crippen molar-refractivity contribution in [1.82, 2.24) is 10.6 Å². The van der Waals surface area contributed by atoms with Crippen LogP contribution in [0.25, 0.3) is 0 Å². The maximum Gasteiger partial charge on any atom is 0.191 e. The quantitative estimate of drug-likeness (QED) is 0.537. The second-order valence-electron chi connectivity index (χ2n) is 4.66. The Morgan fingerprint density at radius 2 is 1.84 bits per heavy atom. The lowest BCUT2D eigenvalue weighted by atomic mass is 10.1. The molecule has 0 heterocycles. The van der Waals surface area contributed by atoms with E-state index in [4.69, 9.17) is 5.11 Å². The molecule has 0 aromatic heterocycles. The smallest absolute Gasteiger partial charge is 0.191 e. The predicted molar refractivity (Wildman–Crippen MR) is 80.7 cm³/mol. The van der Waals surface area contributed by atoms with Crippen molar-refractivity contribution in [2.24, 2.45) is 4.99 Å². The lowest BCUT2D eigenvalue weighted by Crippen LogP contribution is -2.38. The second kappa shape index (κ2) is 8.53. The molecule has 0 aliphatic heterocycles. The van der Waals surface area contributed by atoms with Crippen LogP contribution in [0.1, 0.15) is 23.6 Å². The Morgan fingerprint density at radius 3 is 2.42 bits per heavy atom. The SMILES string of the molecule is CCNC(=NCCO)NCCc1cc(C)cc(C)c1. The number of aliphatic imine (C=N–C) groups is 1. The fourth-order valence-corrected chi connectivity index (χ4v) is 2.04. The molecule has 1 aromatic carbocycles. The van der Waals surface area contributed by atoms with Crippen molar-refractivity contribution < 1.29 is 5.11 Å². The summed E-state index contributed by atoms with van der Waals surface area (Å²) in [6, 6.07) is 6.61. The number of aliphatic hydroxyl groups is 1. The van der Waals surface area contributed by atoms with Crippen molar-refractivity contribution in [2.45, 2.75) is 27.2 Å². The molecule has 4 nitrogen and oxygen atoms in total. The van der Waals surface area contributed by atoms with E-state index in [2.05, 4.69) is 47.7 Å². The third-order valence-electron chi connectivity index (χ3n) is 2.70. The summed E-state index contributed by atoms with van der Waals surface area (Å²) >= 11 is 0. The number of nitrogens with zero attached hydrogens (tertiary/aromatic N) is 1. The van der Waals surface area contributed by atoms with Gasteiger partial charge in [0.2, 0.25) is 0 Å². The molecular formula is C15H25N3O. The van der Waals surface area contributed by atoms with Crippen LogP contribution in [-0.2, 0) is 6.42 Å². The molecule has 1 aromatic rings. The van der Waals surface area contributed by atoms with E-state index in [1.807, 2.05) is 6.92 Å². The van der Waals surface area contributed by atoms with Gasteiger partial charge in [0, 0.05) is 13.1 Å². The highest BCUT2D eigenvalue weighted by Gasteiger charge is 1.99. The van der Waals surface area contributed by atoms with E-state index < -0.39 is 0 Å². The Balaban J connectivity index is 2.46. The van der Waals surface area contributed by atoms with Gasteiger partial charge in [-0.1, -0.05) is 29.3 Å². The summed E-state index contributed by atoms with van der Waals surface area (Å²) in [5, 5.41) is 15.2. The van der Waals surface area contributed by atoms with E-state index in [0.717, 1.165) is 25.5 Å². The van der Waals surface area contributed by atoms with Crippen molar-refractivity contribution in [3.8, 4) is 0 Å². The first kappa shape index (κ1) is 15.5. The van der Waals surface area contributed by atoms with Gasteiger partial charge < -0.3 is 15.7 Å². The van der Waals surface area contributed by atoms with Gasteiger partial charge in [0.05, 0.1) is 13.2 Å². The van der Waals surface area contributed by atoms with Crippen molar-refractivity contribution in [1.29, 1.82) is 0 Å². The van der Waals surface area contributed by atoms with E-state index in [0.29, 0.717) is 6.54 Å². The number of aliphatic hydroxyl groups excluding tert-OH is 1. The van der Waals surface area contributed by atoms with Crippen LogP contribution >= 0.6 is 0 Å². The minimum absolute atomic E-state index is 0.0770. The van der Waals surface area contributed by atoms with Gasteiger partial charge >= 0.3 is 0 Å². The zero-order valence-electron chi connectivity index (χ0n) is 12.2. The minimum Gasteiger partial charge on any atom is -0.394 e. The molecule has 3 N–H and O–H groups in total. The Hall–Kier alpha value is -1.55. The summed E-state index contributed by atoms with van der Waals surface area (Å²) in [6.45, 7) is 8.43. The van der Waals surface area contributed by atoms with Crippen LogP contribution in [0.3, 0.4) is 0 Å². The zero-order chi connectivity index (χ0) is 14.1. The fraction of sp³-hybridized carbons (Fsp3) is 0.533. The fourth-order valence-electron chi connectivity index (χ4n) is 2.04. The summed E-state index contributed by atoms with van der Waals surface area (Å²) in [4.78, 5) is 4.24. The summed E-state index contributed by atoms with van der Waals surface area (Å²) in [7, 11) is 0. The van der Waals surface area contributed by atoms with Crippen LogP contribution in [-0.4, -0.2) is 37.3 Å². The number of hydrogen-bond donors (Lipinski definition) is 3. The topological polar surface area (TPSA) is 56.7 Å². The molecule has 106 valence electrons. The molecule has 19 heavy (non-hydrogen) atoms. The first-order valence-corrected chi connectivity index (χ1v) is 6.86. The van der Waals surface area contributed by atoms with Gasteiger partial charge in [-0.25, -0.2) is 0 Å². The second-order valence-corrected chi connectivity index (χ2v) is 4.66. The molecule has 0 fully saturated rings. The lowest BCUT2D eigenvalue weighted by molar-refractivity contribution is 0.306. The van der Waals surface area contributed by atoms with Crippen LogP contribution in [0, 0.1) is 13.8 Å². The molecule has 0 aliphatic rings. The van der Waals surface area contributed by atoms with Crippen molar-refractivity contribution >= 4 is 5.96 Å². The van der Waals surface area contributed by atoms with Crippen LogP contribution in [0.2, 0.25) is 0 Å². The molecule has 0 saturated carbocycles. The maximum atomic E-state index is 8.79. The van der Waals surface area contributed by atoms with Crippen LogP contribution in [0.15, 0.2) is 23.2 Å². The molecule has 0 atom stereocenters. The molecule has 0 amide bonds. The summed E-state index contributed by atoms with van der Waals surface area (Å²) < 4.78 is 0. The Kier molecular flexibility index (Phi) is 6.97. The Labute approximate surface area is 116 Å². The van der Waals surface area contributed by atoms with Gasteiger partial charge in [0.1, 0.15) is 0 Å². The number of benzene rings is 1. The highest BCUT2D eigenvalue weighted by Crippen LogP contribution is 2.08. The van der Waals surface area contributed by atoms with Crippen LogP contribution in [0.4, 0.5) is 0 Å². The minimum atomic E-state index is 0.0770. The average molecular weight is 263 g/mol. The third kappa shape index (κ3) is 6.25. The van der Waals surface area contributed by atoms with Gasteiger partial charge in [0.15, 0.2) is 5.96 Å². The van der Waals surface area contributed by atoms with E-state index in [9.17, 15) is 0 Å². The monoisotopic (exact) mass is 263 g/mol. The van der Waals surface area contributed by atoms with Gasteiger partial charge in [0.25, 0.3) is 0 Å². The molecule has 0 bridgehead atoms. The number of guanidine groups is 1. The first-order valence-electron chi connectivity index (χ1n) is 6.86. The van der Waals surface area contributed by atoms with Crippen LogP contribution in [0.5, 0.6) is 0 Å². The van der Waals surface area contributed by atoms with Gasteiger partial charge in [-0.15, -0.1) is 0 Å². The number of rotatable bonds is 6. The van der Waals surface area contributed by atoms with Crippen LogP contribution < -0.4 is 10.6 Å². The normalized spacial score (nSPS) is 11.5. The summed E-state index contributed by atoms with van der Waals surface area (Å²) in [5.41, 5.74) is 3.94. The zero-order valence-corrected chi connectivity index (χ0v) is 12.2. The van der Waals surface area contributed by atoms with E-state index in [1.165, 1.54) is 16.7 Å². The molecule has 4 heteroatoms. The molecule has 0 radical (unpaired) electrons. The van der Waals surface area contributed by atoms with E-state index >= 15 is 0 Å². The molecule has 0 spiro atoms. The largest absolute Gasteiger partial charge is 0.394 e. The molecule has 0 unspecified atom stereocenters. The third-order valence-corrected chi connectivity index (χ3v) is 2.70. The molecule has 0 aliphatic carbocycles. The van der Waals surface area contributed by atoms with E-state index in [1.54, 1.807) is 0 Å². The molecular weight excluding hydrogens is 238 g/mol. The summed E-state index contributed by atoms with van der Waals surface area (Å²) in [6.07, 6.45) is 0.964. The molecule has 0 saturated heterocycles. The van der Waals surface area contributed by atoms with Gasteiger partial charge in [-0.3, -0.25) is 4.99 Å². The van der Waals surface area contributed by atoms with Gasteiger partial charge in [-0.2, -0.15) is 0 Å². The van der Waals surface area contributed by atoms with Crippen molar-refractivity contribution in [2.75, 3.05) is 26.2 Å². The predicted octanol–water partition coefficient (Wildman–Crippen LogP) is 1.39. The number of aryl methyl sites for hydroxylation is 2. The average Bonchev–Trinajstić information content (AvgIpc) is 2.34. The summed E-state index contributed by atoms with van der Waals surface area (Å²) in [5.74, 6) is 0.765. The van der Waals surface area contributed by atoms with Crippen molar-refractivity contribution in [3.63, 3.8) is 0 Å². The lowest BCUT2D eigenvalue weighted by Gasteiger charge is -2.11. The van der Waals surface area contributed by atoms with Gasteiger partial charge in [-0.05, 0) is 32.8 Å². The Morgan fingerprint density at radius 1 is 1.16 bits per heavy atom. The number of hydrogen-bond acceptors (Lipinski definition) is 2. The van der Waals surface area contributed by atoms with Crippen molar-refractivity contribution in [3.05, 3.63) is 34.9 Å². The first-order chi connectivity index (χ1) is 9.15. The highest BCUT2D eigenvalue weighted by atomic mass is 16.3. The molecule has 1 rings (SSSR count). The maximum absolute atomic E-state index is 8.79. The van der Waals surface area contributed by atoms with E-state index in [-0.39, 0.29) is 6.61 Å². The number of nitrogens with one attached hydrogen (secondary N) is 2. The Bertz CT molecular complexity index is 396. The standard InChI is InChI=1S/C15H25N3O/c1-4-16-15(18-7-8-19)17-6-5-14-10-12(2)9-13(3)11-14/h9-11,19H,4-8H2,1-3H3,(H2,16,17,18). The highest BCUT2D eigenvalue weighted by molar-refractivity contribution is 5.79.